The fourth-order valence-electron chi connectivity index (χ4n) is 1.97. The van der Waals surface area contributed by atoms with E-state index in [1.54, 1.807) is 0 Å². The predicted octanol–water partition coefficient (Wildman–Crippen LogP) is 1.85. The molecule has 4 atom stereocenters. The second kappa shape index (κ2) is 8.02. The SMILES string of the molecule is CCC(C)C(O)CNC(=O)C(C)C(N)c1ccccc1. The number of aliphatic hydroxyl groups excluding tert-OH is 1. The summed E-state index contributed by atoms with van der Waals surface area (Å²) in [6.07, 6.45) is 0.375. The Balaban J connectivity index is 2.51. The first kappa shape index (κ1) is 16.7. The molecular formula is C16H26N2O2. The summed E-state index contributed by atoms with van der Waals surface area (Å²) in [4.78, 5) is 12.1. The van der Waals surface area contributed by atoms with Crippen molar-refractivity contribution >= 4 is 5.91 Å². The highest BCUT2D eigenvalue weighted by molar-refractivity contribution is 5.79. The van der Waals surface area contributed by atoms with Crippen LogP contribution in [0.4, 0.5) is 0 Å². The van der Waals surface area contributed by atoms with E-state index < -0.39 is 6.10 Å². The van der Waals surface area contributed by atoms with Crippen LogP contribution in [0, 0.1) is 11.8 Å². The lowest BCUT2D eigenvalue weighted by molar-refractivity contribution is -0.125. The second-order valence-electron chi connectivity index (χ2n) is 5.42. The first-order valence-corrected chi connectivity index (χ1v) is 7.23. The Morgan fingerprint density at radius 1 is 1.30 bits per heavy atom. The maximum Gasteiger partial charge on any atom is 0.224 e. The number of carbonyl (C=O) groups is 1. The largest absolute Gasteiger partial charge is 0.391 e. The van der Waals surface area contributed by atoms with Crippen molar-refractivity contribution in [1.29, 1.82) is 0 Å². The van der Waals surface area contributed by atoms with Crippen LogP contribution in [0.2, 0.25) is 0 Å². The summed E-state index contributed by atoms with van der Waals surface area (Å²) in [5, 5.41) is 12.6. The topological polar surface area (TPSA) is 75.3 Å². The summed E-state index contributed by atoms with van der Waals surface area (Å²) >= 11 is 0. The predicted molar refractivity (Wildman–Crippen MR) is 81.0 cm³/mol. The summed E-state index contributed by atoms with van der Waals surface area (Å²) in [6, 6.07) is 9.24. The third-order valence-electron chi connectivity index (χ3n) is 3.92. The van der Waals surface area contributed by atoms with Gasteiger partial charge in [0.05, 0.1) is 12.0 Å². The molecule has 0 aromatic heterocycles. The van der Waals surface area contributed by atoms with Gasteiger partial charge in [-0.2, -0.15) is 0 Å². The third kappa shape index (κ3) is 4.62. The van der Waals surface area contributed by atoms with Crippen LogP contribution in [0.5, 0.6) is 0 Å². The van der Waals surface area contributed by atoms with Gasteiger partial charge in [-0.1, -0.05) is 57.5 Å². The summed E-state index contributed by atoms with van der Waals surface area (Å²) in [6.45, 7) is 6.07. The van der Waals surface area contributed by atoms with Gasteiger partial charge in [-0.3, -0.25) is 4.79 Å². The molecule has 1 aromatic rings. The van der Waals surface area contributed by atoms with Crippen LogP contribution in [0.1, 0.15) is 38.8 Å². The van der Waals surface area contributed by atoms with Gasteiger partial charge >= 0.3 is 0 Å². The van der Waals surface area contributed by atoms with Crippen LogP contribution in [0.15, 0.2) is 30.3 Å². The molecule has 4 unspecified atom stereocenters. The van der Waals surface area contributed by atoms with Crippen LogP contribution < -0.4 is 11.1 Å². The maximum atomic E-state index is 12.1. The van der Waals surface area contributed by atoms with E-state index in [9.17, 15) is 9.90 Å². The highest BCUT2D eigenvalue weighted by Gasteiger charge is 2.23. The van der Waals surface area contributed by atoms with Gasteiger partial charge in [-0.05, 0) is 11.5 Å². The molecule has 1 rings (SSSR count). The van der Waals surface area contributed by atoms with Gasteiger partial charge in [-0.15, -0.1) is 0 Å². The van der Waals surface area contributed by atoms with Crippen molar-refractivity contribution in [3.05, 3.63) is 35.9 Å². The third-order valence-corrected chi connectivity index (χ3v) is 3.92. The van der Waals surface area contributed by atoms with Gasteiger partial charge in [0.1, 0.15) is 0 Å². The molecule has 0 saturated carbocycles. The van der Waals surface area contributed by atoms with Crippen molar-refractivity contribution in [2.75, 3.05) is 6.54 Å². The molecule has 0 aliphatic heterocycles. The summed E-state index contributed by atoms with van der Waals surface area (Å²) < 4.78 is 0. The van der Waals surface area contributed by atoms with Crippen molar-refractivity contribution in [1.82, 2.24) is 5.32 Å². The first-order valence-electron chi connectivity index (χ1n) is 7.23. The van der Waals surface area contributed by atoms with Gasteiger partial charge in [0.15, 0.2) is 0 Å². The highest BCUT2D eigenvalue weighted by Crippen LogP contribution is 2.19. The molecule has 4 N–H and O–H groups in total. The maximum absolute atomic E-state index is 12.1. The lowest BCUT2D eigenvalue weighted by atomic mass is 9.94. The summed E-state index contributed by atoms with van der Waals surface area (Å²) in [5.74, 6) is -0.279. The number of nitrogens with two attached hydrogens (primary N) is 1. The van der Waals surface area contributed by atoms with Crippen molar-refractivity contribution in [3.63, 3.8) is 0 Å². The van der Waals surface area contributed by atoms with Crippen LogP contribution >= 0.6 is 0 Å². The Hall–Kier alpha value is -1.39. The van der Waals surface area contributed by atoms with E-state index in [2.05, 4.69) is 5.32 Å². The van der Waals surface area contributed by atoms with E-state index in [4.69, 9.17) is 5.73 Å². The zero-order chi connectivity index (χ0) is 15.1. The molecule has 0 saturated heterocycles. The fourth-order valence-corrected chi connectivity index (χ4v) is 1.97. The van der Waals surface area contributed by atoms with Gasteiger partial charge in [-0.25, -0.2) is 0 Å². The average molecular weight is 278 g/mol. The molecule has 0 spiro atoms. The molecular weight excluding hydrogens is 252 g/mol. The number of hydrogen-bond acceptors (Lipinski definition) is 3. The van der Waals surface area contributed by atoms with Crippen LogP contribution in [0.3, 0.4) is 0 Å². The van der Waals surface area contributed by atoms with Crippen LogP contribution in [-0.4, -0.2) is 23.7 Å². The minimum atomic E-state index is -0.510. The molecule has 0 fully saturated rings. The van der Waals surface area contributed by atoms with Gasteiger partial charge in [0, 0.05) is 12.6 Å². The number of carbonyl (C=O) groups excluding carboxylic acids is 1. The Bertz CT molecular complexity index is 408. The molecule has 112 valence electrons. The van der Waals surface area contributed by atoms with Crippen molar-refractivity contribution in [2.24, 2.45) is 17.6 Å². The zero-order valence-corrected chi connectivity index (χ0v) is 12.5. The molecule has 1 amide bonds. The van der Waals surface area contributed by atoms with Crippen molar-refractivity contribution < 1.29 is 9.90 Å². The molecule has 0 bridgehead atoms. The smallest absolute Gasteiger partial charge is 0.224 e. The molecule has 0 aliphatic carbocycles. The minimum Gasteiger partial charge on any atom is -0.391 e. The summed E-state index contributed by atoms with van der Waals surface area (Å²) in [5.41, 5.74) is 7.05. The van der Waals surface area contributed by atoms with Crippen LogP contribution in [-0.2, 0) is 4.79 Å². The Morgan fingerprint density at radius 2 is 1.90 bits per heavy atom. The average Bonchev–Trinajstić information content (AvgIpc) is 2.50. The molecule has 0 radical (unpaired) electrons. The number of benzene rings is 1. The fraction of sp³-hybridized carbons (Fsp3) is 0.562. The van der Waals surface area contributed by atoms with Crippen LogP contribution in [0.25, 0.3) is 0 Å². The van der Waals surface area contributed by atoms with E-state index in [1.807, 2.05) is 51.1 Å². The number of nitrogens with one attached hydrogen (secondary N) is 1. The summed E-state index contributed by atoms with van der Waals surface area (Å²) in [7, 11) is 0. The molecule has 0 heterocycles. The van der Waals surface area contributed by atoms with Gasteiger partial charge in [0.2, 0.25) is 5.91 Å². The first-order chi connectivity index (χ1) is 9.47. The van der Waals surface area contributed by atoms with E-state index in [1.165, 1.54) is 0 Å². The van der Waals surface area contributed by atoms with Crippen molar-refractivity contribution in [2.45, 2.75) is 39.3 Å². The van der Waals surface area contributed by atoms with Gasteiger partial charge in [0.25, 0.3) is 0 Å². The van der Waals surface area contributed by atoms with Gasteiger partial charge < -0.3 is 16.2 Å². The highest BCUT2D eigenvalue weighted by atomic mass is 16.3. The minimum absolute atomic E-state index is 0.122. The lowest BCUT2D eigenvalue weighted by Gasteiger charge is -2.22. The Kier molecular flexibility index (Phi) is 6.68. The lowest BCUT2D eigenvalue weighted by Crippen LogP contribution is -2.40. The molecule has 0 aliphatic rings. The van der Waals surface area contributed by atoms with Crippen molar-refractivity contribution in [3.8, 4) is 0 Å². The number of amides is 1. The molecule has 1 aromatic carbocycles. The van der Waals surface area contributed by atoms with E-state index >= 15 is 0 Å². The molecule has 4 nitrogen and oxygen atoms in total. The monoisotopic (exact) mass is 278 g/mol. The second-order valence-corrected chi connectivity index (χ2v) is 5.42. The normalized spacial score (nSPS) is 17.1. The Morgan fingerprint density at radius 3 is 2.45 bits per heavy atom. The number of aliphatic hydroxyl groups is 1. The zero-order valence-electron chi connectivity index (χ0n) is 12.5. The molecule has 20 heavy (non-hydrogen) atoms. The quantitative estimate of drug-likeness (QED) is 0.712. The number of rotatable bonds is 7. The van der Waals surface area contributed by atoms with E-state index in [0.29, 0.717) is 0 Å². The van der Waals surface area contributed by atoms with E-state index in [0.717, 1.165) is 12.0 Å². The standard InChI is InChI=1S/C16H26N2O2/c1-4-11(2)14(19)10-18-16(20)12(3)15(17)13-8-6-5-7-9-13/h5-9,11-12,14-15,19H,4,10,17H2,1-3H3,(H,18,20). The van der Waals surface area contributed by atoms with E-state index in [-0.39, 0.29) is 30.3 Å². The number of hydrogen-bond donors (Lipinski definition) is 3. The molecule has 4 heteroatoms. The Labute approximate surface area is 121 Å².